The summed E-state index contributed by atoms with van der Waals surface area (Å²) in [6.45, 7) is 4.45. The van der Waals surface area contributed by atoms with Crippen LogP contribution in [0.2, 0.25) is 0 Å². The summed E-state index contributed by atoms with van der Waals surface area (Å²) in [5, 5.41) is 43.6. The van der Waals surface area contributed by atoms with Crippen molar-refractivity contribution in [2.24, 2.45) is 30.4 Å². The van der Waals surface area contributed by atoms with Crippen LogP contribution in [0.25, 0.3) is 21.9 Å². The van der Waals surface area contributed by atoms with Gasteiger partial charge in [0.15, 0.2) is 22.5 Å². The molecule has 0 aliphatic carbocycles. The van der Waals surface area contributed by atoms with E-state index in [2.05, 4.69) is 40.4 Å². The highest BCUT2D eigenvalue weighted by Crippen LogP contribution is 2.38. The van der Waals surface area contributed by atoms with Crippen LogP contribution in [0.15, 0.2) is 98.8 Å². The van der Waals surface area contributed by atoms with E-state index in [1.54, 1.807) is 47.4 Å². The Kier molecular flexibility index (Phi) is 7.62. The van der Waals surface area contributed by atoms with Crippen LogP contribution in [0.1, 0.15) is 11.1 Å². The molecule has 4 heterocycles. The number of aromatic nitrogens is 2. The van der Waals surface area contributed by atoms with E-state index in [4.69, 9.17) is 8.83 Å². The van der Waals surface area contributed by atoms with Gasteiger partial charge in [0.1, 0.15) is 11.5 Å². The Labute approximate surface area is 245 Å². The molecule has 14 heteroatoms. The lowest BCUT2D eigenvalue weighted by Crippen LogP contribution is -2.07. The number of benzene rings is 2. The smallest absolute Gasteiger partial charge is 0.229 e. The fourth-order valence-corrected chi connectivity index (χ4v) is 5.04. The Morgan fingerprint density at radius 1 is 0.667 bits per heavy atom. The number of aromatic hydroxyl groups is 2. The number of nitrogens with zero attached hydrogens (tertiary/aromatic N) is 8. The molecule has 0 bridgehead atoms. The van der Waals surface area contributed by atoms with Crippen molar-refractivity contribution in [2.45, 2.75) is 13.8 Å². The maximum Gasteiger partial charge on any atom is 0.229 e. The fraction of sp³-hybridized carbons (Fsp3) is 0.143. The normalized spacial score (nSPS) is 13.0. The molecule has 0 atom stereocenters. The molecule has 42 heavy (non-hydrogen) atoms. The van der Waals surface area contributed by atoms with Crippen LogP contribution in [-0.4, -0.2) is 33.3 Å². The van der Waals surface area contributed by atoms with E-state index < -0.39 is 0 Å². The minimum absolute atomic E-state index is 0.0667. The number of rotatable bonds is 7. The average molecular weight is 599 g/mol. The number of fused-ring (bicyclic) bond motifs is 2. The minimum Gasteiger partial charge on any atom is -0.505 e. The molecule has 210 valence electrons. The molecule has 2 N–H and O–H groups in total. The van der Waals surface area contributed by atoms with Crippen LogP contribution in [-0.2, 0) is 0 Å². The first-order valence-electron chi connectivity index (χ1n) is 12.6. The van der Waals surface area contributed by atoms with Crippen LogP contribution in [0, 0.1) is 13.8 Å². The van der Waals surface area contributed by atoms with Crippen LogP contribution in [0.4, 0.5) is 21.6 Å². The van der Waals surface area contributed by atoms with Crippen molar-refractivity contribution in [2.75, 3.05) is 13.1 Å². The molecule has 2 aromatic carbocycles. The summed E-state index contributed by atoms with van der Waals surface area (Å²) >= 11 is 2.66. The summed E-state index contributed by atoms with van der Waals surface area (Å²) in [5.41, 5.74) is 3.64. The highest BCUT2D eigenvalue weighted by atomic mass is 32.1. The van der Waals surface area contributed by atoms with E-state index >= 15 is 0 Å². The van der Waals surface area contributed by atoms with E-state index in [0.717, 1.165) is 21.9 Å². The molecule has 6 rings (SSSR count). The fourth-order valence-electron chi connectivity index (χ4n) is 4.13. The number of hydrogen-bond donors (Lipinski definition) is 2. The van der Waals surface area contributed by atoms with Gasteiger partial charge in [-0.1, -0.05) is 0 Å². The Bertz CT molecular complexity index is 1950. The first-order chi connectivity index (χ1) is 20.5. The molecule has 0 spiro atoms. The van der Waals surface area contributed by atoms with E-state index in [1.165, 1.54) is 22.7 Å². The molecule has 0 saturated heterocycles. The van der Waals surface area contributed by atoms with Gasteiger partial charge in [0, 0.05) is 46.1 Å². The van der Waals surface area contributed by atoms with Gasteiger partial charge in [-0.05, 0) is 49.2 Å². The Morgan fingerprint density at radius 2 is 1.12 bits per heavy atom. The first-order valence-corrected chi connectivity index (χ1v) is 14.4. The van der Waals surface area contributed by atoms with Gasteiger partial charge in [-0.2, -0.15) is 0 Å². The van der Waals surface area contributed by atoms with Crippen molar-refractivity contribution >= 4 is 66.2 Å². The van der Waals surface area contributed by atoms with Crippen molar-refractivity contribution in [3.8, 4) is 11.5 Å². The van der Waals surface area contributed by atoms with Gasteiger partial charge in [0.05, 0.1) is 13.1 Å². The van der Waals surface area contributed by atoms with Gasteiger partial charge >= 0.3 is 0 Å². The summed E-state index contributed by atoms with van der Waals surface area (Å²) < 4.78 is 12.0. The molecular weight excluding hydrogens is 576 g/mol. The number of phenols is 2. The van der Waals surface area contributed by atoms with Crippen molar-refractivity contribution < 1.29 is 19.0 Å². The van der Waals surface area contributed by atoms with E-state index in [0.29, 0.717) is 45.6 Å². The lowest BCUT2D eigenvalue weighted by molar-refractivity contribution is 0.472. The maximum absolute atomic E-state index is 10.5. The second-order valence-corrected chi connectivity index (χ2v) is 10.7. The lowest BCUT2D eigenvalue weighted by atomic mass is 10.1. The first kappa shape index (κ1) is 27.1. The van der Waals surface area contributed by atoms with Crippen LogP contribution in [0.3, 0.4) is 0 Å². The zero-order chi connectivity index (χ0) is 29.1. The quantitative estimate of drug-likeness (QED) is 0.143. The third kappa shape index (κ3) is 5.70. The third-order valence-corrected chi connectivity index (χ3v) is 7.42. The van der Waals surface area contributed by atoms with Gasteiger partial charge in [0.2, 0.25) is 21.4 Å². The summed E-state index contributed by atoms with van der Waals surface area (Å²) in [6, 6.07) is 10.3. The van der Waals surface area contributed by atoms with Gasteiger partial charge in [-0.25, -0.2) is 20.0 Å². The monoisotopic (exact) mass is 598 g/mol. The van der Waals surface area contributed by atoms with E-state index in [-0.39, 0.29) is 22.9 Å². The molecule has 0 saturated carbocycles. The second-order valence-electron chi connectivity index (χ2n) is 8.95. The summed E-state index contributed by atoms with van der Waals surface area (Å²) in [7, 11) is 0. The van der Waals surface area contributed by atoms with Crippen molar-refractivity contribution in [1.82, 2.24) is 9.97 Å². The van der Waals surface area contributed by atoms with Crippen molar-refractivity contribution in [1.29, 1.82) is 0 Å². The zero-order valence-electron chi connectivity index (χ0n) is 22.3. The van der Waals surface area contributed by atoms with Crippen molar-refractivity contribution in [3.63, 3.8) is 0 Å². The molecule has 6 aromatic rings. The topological polar surface area (TPSA) is 167 Å². The number of phenolic OH excluding ortho intramolecular Hbond substituents is 2. The molecule has 0 aliphatic rings. The minimum atomic E-state index is -0.0667. The molecular formula is C28H22N8O4S2. The summed E-state index contributed by atoms with van der Waals surface area (Å²) in [6.07, 6.45) is 3.26. The molecule has 4 aromatic heterocycles. The Balaban J connectivity index is 1.30. The Morgan fingerprint density at radius 3 is 1.52 bits per heavy atom. The van der Waals surface area contributed by atoms with Crippen LogP contribution in [0.5, 0.6) is 11.5 Å². The van der Waals surface area contributed by atoms with Crippen LogP contribution >= 0.6 is 22.7 Å². The van der Waals surface area contributed by atoms with Gasteiger partial charge in [-0.15, -0.1) is 43.1 Å². The molecule has 12 nitrogen and oxygen atoms in total. The molecule has 0 radical (unpaired) electrons. The van der Waals surface area contributed by atoms with Gasteiger partial charge in [0.25, 0.3) is 0 Å². The molecule has 0 amide bonds. The third-order valence-electron chi connectivity index (χ3n) is 6.11. The maximum atomic E-state index is 10.5. The predicted octanol–water partition coefficient (Wildman–Crippen LogP) is 7.45. The standard InChI is InChI=1S/C28H22N8O4S2/c1-15-13-21(39-25-17(15)3-5-19(37)23(25)33-35-27-31-9-11-41-27)29-7-8-30-22-14-16(2)18-4-6-20(38)24(26(18)40-22)34-36-28-32-10-12-42-28/h3-6,9-14,37-38H,7-8H2,1-2H3. The largest absolute Gasteiger partial charge is 0.505 e. The summed E-state index contributed by atoms with van der Waals surface area (Å²) in [5.74, 6) is -0.133. The van der Waals surface area contributed by atoms with E-state index in [9.17, 15) is 10.2 Å². The van der Waals surface area contributed by atoms with E-state index in [1.807, 2.05) is 26.0 Å². The van der Waals surface area contributed by atoms with Gasteiger partial charge in [-0.3, -0.25) is 0 Å². The zero-order valence-corrected chi connectivity index (χ0v) is 23.9. The Hall–Kier alpha value is -5.08. The lowest BCUT2D eigenvalue weighted by Gasteiger charge is -2.06. The predicted molar refractivity (Wildman–Crippen MR) is 159 cm³/mol. The number of azo groups is 2. The molecule has 0 aliphatic heterocycles. The van der Waals surface area contributed by atoms with Crippen molar-refractivity contribution in [3.05, 3.63) is 81.8 Å². The number of aryl methyl sites for hydroxylation is 2. The number of hydrogen-bond acceptors (Lipinski definition) is 14. The van der Waals surface area contributed by atoms with Gasteiger partial charge < -0.3 is 19.0 Å². The summed E-state index contributed by atoms with van der Waals surface area (Å²) in [4.78, 5) is 17.3. The molecule has 0 unspecified atom stereocenters. The highest BCUT2D eigenvalue weighted by Gasteiger charge is 2.13. The average Bonchev–Trinajstić information content (AvgIpc) is 3.69. The SMILES string of the molecule is Cc1cc(=NCCN=c2cc(C)c3ccc(O)c(N=Nc4nccs4)c3o2)oc2c(N=Nc3nccs3)c(O)ccc12. The molecule has 0 fully saturated rings. The van der Waals surface area contributed by atoms with Crippen LogP contribution < -0.4 is 11.1 Å². The number of thiazole rings is 2. The highest BCUT2D eigenvalue weighted by molar-refractivity contribution is 7.13. The second kappa shape index (κ2) is 11.8.